The van der Waals surface area contributed by atoms with Crippen molar-refractivity contribution in [1.29, 1.82) is 0 Å². The lowest BCUT2D eigenvalue weighted by atomic mass is 9.80. The largest absolute Gasteiger partial charge is 0.340 e. The molecule has 0 unspecified atom stereocenters. The van der Waals surface area contributed by atoms with Crippen LogP contribution in [0.1, 0.15) is 69.5 Å². The molecule has 2 aliphatic heterocycles. The number of nitrogens with zero attached hydrogens (tertiary/aromatic N) is 3. The molecule has 2 amide bonds. The smallest absolute Gasteiger partial charge is 0.249 e. The Hall–Kier alpha value is -2.65. The van der Waals surface area contributed by atoms with Crippen molar-refractivity contribution in [3.05, 3.63) is 70.2 Å². The topological polar surface area (TPSA) is 43.9 Å². The summed E-state index contributed by atoms with van der Waals surface area (Å²) in [5.41, 5.74) is 0.796. The lowest BCUT2D eigenvalue weighted by Gasteiger charge is -2.43. The summed E-state index contributed by atoms with van der Waals surface area (Å²) < 4.78 is 56.2. The summed E-state index contributed by atoms with van der Waals surface area (Å²) in [7, 11) is 0. The van der Waals surface area contributed by atoms with Gasteiger partial charge in [-0.2, -0.15) is 0 Å². The predicted molar refractivity (Wildman–Crippen MR) is 153 cm³/mol. The van der Waals surface area contributed by atoms with Crippen LogP contribution in [0.3, 0.4) is 0 Å². The average molecular weight is 608 g/mol. The predicted octanol–water partition coefficient (Wildman–Crippen LogP) is 6.67. The number of amides is 2. The molecule has 2 aromatic carbocycles. The highest BCUT2D eigenvalue weighted by Crippen LogP contribution is 2.44. The van der Waals surface area contributed by atoms with Crippen LogP contribution in [-0.2, 0) is 9.59 Å². The summed E-state index contributed by atoms with van der Waals surface area (Å²) in [4.78, 5) is 33.5. The molecular weight excluding hydrogens is 570 g/mol. The number of hydrogen-bond acceptors (Lipinski definition) is 3. The minimum absolute atomic E-state index is 0.166. The first-order valence-corrected chi connectivity index (χ1v) is 15.0. The van der Waals surface area contributed by atoms with Crippen LogP contribution in [-0.4, -0.2) is 70.7 Å². The number of carbonyl (C=O) groups excluding carboxylic acids is 2. The van der Waals surface area contributed by atoms with E-state index in [4.69, 9.17) is 11.6 Å². The Morgan fingerprint density at radius 2 is 1.57 bits per heavy atom. The van der Waals surface area contributed by atoms with Crippen molar-refractivity contribution >= 4 is 23.4 Å². The Labute approximate surface area is 249 Å². The van der Waals surface area contributed by atoms with E-state index in [1.165, 1.54) is 12.1 Å². The van der Waals surface area contributed by atoms with Gasteiger partial charge in [0.25, 0.3) is 0 Å². The van der Waals surface area contributed by atoms with Crippen molar-refractivity contribution in [3.63, 3.8) is 0 Å². The minimum Gasteiger partial charge on any atom is -0.340 e. The molecule has 3 atom stereocenters. The maximum absolute atomic E-state index is 15.1. The summed E-state index contributed by atoms with van der Waals surface area (Å²) in [6.07, 6.45) is 0.338. The van der Waals surface area contributed by atoms with Gasteiger partial charge in [0.05, 0.1) is 12.0 Å². The standard InChI is InChI=1S/C32H38ClF4N3O2/c1-31(2,3)39-17-25(24-11-10-23(34)14-27(24)35)26(18-39)30(42)40-13-5-4-12-38(29(41)21-15-32(36,37)16-21)19-28(40)20-6-8-22(33)9-7-20/h6-11,14,21,25-26,28H,4-5,12-13,15-19H2,1-3H3/t25-,26+,28+/m0/s1. The van der Waals surface area contributed by atoms with Gasteiger partial charge in [-0.25, -0.2) is 17.6 Å². The lowest BCUT2D eigenvalue weighted by Crippen LogP contribution is -2.52. The van der Waals surface area contributed by atoms with E-state index in [2.05, 4.69) is 4.90 Å². The fourth-order valence-corrected chi connectivity index (χ4v) is 6.73. The number of rotatable bonds is 4. The van der Waals surface area contributed by atoms with Crippen LogP contribution in [0.5, 0.6) is 0 Å². The summed E-state index contributed by atoms with van der Waals surface area (Å²) in [6, 6.07) is 10.1. The molecule has 1 aliphatic carbocycles. The van der Waals surface area contributed by atoms with Crippen LogP contribution in [0, 0.1) is 23.5 Å². The molecule has 0 spiro atoms. The highest BCUT2D eigenvalue weighted by Gasteiger charge is 2.51. The van der Waals surface area contributed by atoms with Gasteiger partial charge in [-0.3, -0.25) is 14.5 Å². The number of carbonyl (C=O) groups is 2. The van der Waals surface area contributed by atoms with Crippen LogP contribution in [0.4, 0.5) is 17.6 Å². The van der Waals surface area contributed by atoms with Gasteiger partial charge in [-0.15, -0.1) is 0 Å². The van der Waals surface area contributed by atoms with E-state index in [9.17, 15) is 22.8 Å². The second-order valence-electron chi connectivity index (χ2n) is 13.0. The third kappa shape index (κ3) is 6.47. The van der Waals surface area contributed by atoms with Gasteiger partial charge in [-0.1, -0.05) is 29.8 Å². The average Bonchev–Trinajstić information content (AvgIpc) is 3.33. The molecular formula is C32H38ClF4N3O2. The molecule has 1 saturated carbocycles. The normalized spacial score (nSPS) is 25.6. The van der Waals surface area contributed by atoms with E-state index in [-0.39, 0.29) is 23.9 Å². The second kappa shape index (κ2) is 11.8. The molecule has 0 N–H and O–H groups in total. The van der Waals surface area contributed by atoms with E-state index < -0.39 is 54.2 Å². The van der Waals surface area contributed by atoms with Crippen molar-refractivity contribution in [2.24, 2.45) is 11.8 Å². The Balaban J connectivity index is 1.49. The van der Waals surface area contributed by atoms with E-state index in [1.54, 1.807) is 21.9 Å². The van der Waals surface area contributed by atoms with Gasteiger partial charge >= 0.3 is 0 Å². The number of benzene rings is 2. The van der Waals surface area contributed by atoms with Gasteiger partial charge in [-0.05, 0) is 62.9 Å². The molecule has 42 heavy (non-hydrogen) atoms. The first kappa shape index (κ1) is 30.8. The van der Waals surface area contributed by atoms with Crippen LogP contribution < -0.4 is 0 Å². The summed E-state index contributed by atoms with van der Waals surface area (Å²) in [5.74, 6) is -6.46. The highest BCUT2D eigenvalue weighted by molar-refractivity contribution is 6.30. The Kier molecular flexibility index (Phi) is 8.65. The van der Waals surface area contributed by atoms with Crippen molar-refractivity contribution in [3.8, 4) is 0 Å². The highest BCUT2D eigenvalue weighted by atomic mass is 35.5. The molecule has 0 radical (unpaired) electrons. The summed E-state index contributed by atoms with van der Waals surface area (Å²) >= 11 is 6.17. The number of likely N-dealkylation sites (tertiary alicyclic amines) is 1. The maximum Gasteiger partial charge on any atom is 0.249 e. The maximum atomic E-state index is 15.1. The summed E-state index contributed by atoms with van der Waals surface area (Å²) in [6.45, 7) is 7.97. The minimum atomic E-state index is -2.81. The molecule has 0 bridgehead atoms. The molecule has 5 nitrogen and oxygen atoms in total. The Bertz CT molecular complexity index is 1310. The molecule has 228 valence electrons. The zero-order chi connectivity index (χ0) is 30.4. The SMILES string of the molecule is CC(C)(C)N1C[C@@H](C(=O)N2CCCCN(C(=O)C3CC(F)(F)C3)C[C@@H]2c2ccc(Cl)cc2)[C@H](c2ccc(F)cc2F)C1. The molecule has 10 heteroatoms. The number of alkyl halides is 2. The zero-order valence-corrected chi connectivity index (χ0v) is 25.0. The number of hydrogen-bond donors (Lipinski definition) is 0. The Morgan fingerprint density at radius 3 is 2.19 bits per heavy atom. The fourth-order valence-electron chi connectivity index (χ4n) is 6.60. The van der Waals surface area contributed by atoms with Gasteiger partial charge < -0.3 is 9.80 Å². The van der Waals surface area contributed by atoms with E-state index in [1.807, 2.05) is 32.9 Å². The number of halogens is 5. The van der Waals surface area contributed by atoms with Gasteiger partial charge in [0.2, 0.25) is 17.7 Å². The first-order valence-electron chi connectivity index (χ1n) is 14.7. The van der Waals surface area contributed by atoms with E-state index in [0.29, 0.717) is 49.6 Å². The molecule has 5 rings (SSSR count). The van der Waals surface area contributed by atoms with Crippen molar-refractivity contribution < 1.29 is 27.2 Å². The molecule has 2 saturated heterocycles. The van der Waals surface area contributed by atoms with Crippen molar-refractivity contribution in [2.45, 2.75) is 69.9 Å². The van der Waals surface area contributed by atoms with Gasteiger partial charge in [0, 0.05) is 74.0 Å². The van der Waals surface area contributed by atoms with Crippen molar-refractivity contribution in [2.75, 3.05) is 32.7 Å². The third-order valence-corrected chi connectivity index (χ3v) is 9.34. The zero-order valence-electron chi connectivity index (χ0n) is 24.3. The lowest BCUT2D eigenvalue weighted by molar-refractivity contribution is -0.161. The van der Waals surface area contributed by atoms with E-state index >= 15 is 4.39 Å². The van der Waals surface area contributed by atoms with Crippen molar-refractivity contribution in [1.82, 2.24) is 14.7 Å². The van der Waals surface area contributed by atoms with Crippen LogP contribution in [0.2, 0.25) is 5.02 Å². The molecule has 3 fully saturated rings. The van der Waals surface area contributed by atoms with Crippen LogP contribution >= 0.6 is 11.6 Å². The van der Waals surface area contributed by atoms with Gasteiger partial charge in [0.15, 0.2) is 0 Å². The second-order valence-corrected chi connectivity index (χ2v) is 13.4. The van der Waals surface area contributed by atoms with E-state index in [0.717, 1.165) is 11.6 Å². The molecule has 2 heterocycles. The quantitative estimate of drug-likeness (QED) is 0.365. The molecule has 3 aliphatic rings. The summed E-state index contributed by atoms with van der Waals surface area (Å²) in [5, 5.41) is 0.524. The Morgan fingerprint density at radius 1 is 0.905 bits per heavy atom. The van der Waals surface area contributed by atoms with Gasteiger partial charge in [0.1, 0.15) is 11.6 Å². The fraction of sp³-hybridized carbons (Fsp3) is 0.562. The van der Waals surface area contributed by atoms with Crippen LogP contribution in [0.25, 0.3) is 0 Å². The molecule has 2 aromatic rings. The monoisotopic (exact) mass is 607 g/mol. The first-order chi connectivity index (χ1) is 19.7. The third-order valence-electron chi connectivity index (χ3n) is 9.08. The molecule has 0 aromatic heterocycles. The van der Waals surface area contributed by atoms with Crippen LogP contribution in [0.15, 0.2) is 42.5 Å².